The fourth-order valence-corrected chi connectivity index (χ4v) is 2.27. The Morgan fingerprint density at radius 3 is 2.84 bits per heavy atom. The van der Waals surface area contributed by atoms with Gasteiger partial charge in [-0.2, -0.15) is 0 Å². The van der Waals surface area contributed by atoms with Crippen LogP contribution in [0.1, 0.15) is 18.1 Å². The third kappa shape index (κ3) is 3.45. The summed E-state index contributed by atoms with van der Waals surface area (Å²) >= 11 is 0. The van der Waals surface area contributed by atoms with Gasteiger partial charge in [0.2, 0.25) is 0 Å². The molecule has 2 atom stereocenters. The van der Waals surface area contributed by atoms with Gasteiger partial charge in [-0.1, -0.05) is 31.2 Å². The van der Waals surface area contributed by atoms with E-state index in [1.807, 2.05) is 12.1 Å². The van der Waals surface area contributed by atoms with Crippen molar-refractivity contribution in [1.29, 1.82) is 0 Å². The lowest BCUT2D eigenvalue weighted by molar-refractivity contribution is 0.0387. The van der Waals surface area contributed by atoms with Crippen LogP contribution in [0, 0.1) is 0 Å². The molecule has 5 nitrogen and oxygen atoms in total. The smallest absolute Gasteiger partial charge is 0.407 e. The molecule has 2 rings (SSSR count). The van der Waals surface area contributed by atoms with Crippen LogP contribution in [-0.2, 0) is 17.8 Å². The second-order valence-corrected chi connectivity index (χ2v) is 4.87. The maximum absolute atomic E-state index is 10.9. The van der Waals surface area contributed by atoms with Crippen LogP contribution in [0.2, 0.25) is 0 Å². The van der Waals surface area contributed by atoms with Gasteiger partial charge in [0.1, 0.15) is 0 Å². The van der Waals surface area contributed by atoms with Crippen molar-refractivity contribution in [2.75, 3.05) is 13.1 Å². The molecule has 1 aliphatic heterocycles. The molecular formula is C14H20N2O3. The van der Waals surface area contributed by atoms with E-state index >= 15 is 0 Å². The topological polar surface area (TPSA) is 75.8 Å². The summed E-state index contributed by atoms with van der Waals surface area (Å²) in [5.41, 5.74) is 8.26. The first-order chi connectivity index (χ1) is 9.10. The van der Waals surface area contributed by atoms with E-state index in [0.717, 1.165) is 12.0 Å². The molecule has 0 radical (unpaired) electrons. The Balaban J connectivity index is 1.90. The van der Waals surface area contributed by atoms with Gasteiger partial charge in [0.25, 0.3) is 0 Å². The minimum atomic E-state index is -0.936. The predicted molar refractivity (Wildman–Crippen MR) is 72.0 cm³/mol. The number of hydrogen-bond acceptors (Lipinski definition) is 3. The lowest BCUT2D eigenvalue weighted by Gasteiger charge is -2.15. The summed E-state index contributed by atoms with van der Waals surface area (Å²) < 4.78 is 5.75. The highest BCUT2D eigenvalue weighted by Gasteiger charge is 2.33. The molecule has 1 aromatic rings. The van der Waals surface area contributed by atoms with Gasteiger partial charge in [0.15, 0.2) is 0 Å². The number of nitrogens with two attached hydrogens (primary N) is 1. The van der Waals surface area contributed by atoms with E-state index in [1.165, 1.54) is 10.5 Å². The Labute approximate surface area is 113 Å². The summed E-state index contributed by atoms with van der Waals surface area (Å²) in [6, 6.07) is 7.96. The third-order valence-electron chi connectivity index (χ3n) is 3.44. The Morgan fingerprint density at radius 2 is 2.21 bits per heavy atom. The molecular weight excluding hydrogens is 244 g/mol. The summed E-state index contributed by atoms with van der Waals surface area (Å²) in [5.74, 6) is 0. The minimum Gasteiger partial charge on any atom is -0.465 e. The molecule has 5 heteroatoms. The Hall–Kier alpha value is -1.59. The summed E-state index contributed by atoms with van der Waals surface area (Å²) in [5, 5.41) is 8.92. The highest BCUT2D eigenvalue weighted by molar-refractivity contribution is 5.65. The first kappa shape index (κ1) is 13.8. The Morgan fingerprint density at radius 1 is 1.47 bits per heavy atom. The molecule has 104 valence electrons. The second-order valence-electron chi connectivity index (χ2n) is 4.87. The summed E-state index contributed by atoms with van der Waals surface area (Å²) in [7, 11) is 0. The lowest BCUT2D eigenvalue weighted by atomic mass is 10.1. The molecule has 1 aliphatic rings. The number of carboxylic acid groups (broad SMARTS) is 1. The van der Waals surface area contributed by atoms with Crippen LogP contribution in [0.3, 0.4) is 0 Å². The predicted octanol–water partition coefficient (Wildman–Crippen LogP) is 1.46. The lowest BCUT2D eigenvalue weighted by Crippen LogP contribution is -2.35. The molecule has 1 fully saturated rings. The van der Waals surface area contributed by atoms with E-state index < -0.39 is 6.09 Å². The van der Waals surface area contributed by atoms with E-state index in [4.69, 9.17) is 15.6 Å². The molecule has 0 unspecified atom stereocenters. The maximum Gasteiger partial charge on any atom is 0.407 e. The first-order valence-electron chi connectivity index (χ1n) is 6.53. The van der Waals surface area contributed by atoms with Crippen molar-refractivity contribution >= 4 is 6.09 Å². The molecule has 0 aromatic heterocycles. The SMILES string of the molecule is CCc1cccc(CO[C@H]2CN(C(=O)O)C[C@@H]2N)c1. The van der Waals surface area contributed by atoms with Crippen LogP contribution in [0.4, 0.5) is 4.79 Å². The zero-order chi connectivity index (χ0) is 13.8. The highest BCUT2D eigenvalue weighted by atomic mass is 16.5. The van der Waals surface area contributed by atoms with Crippen LogP contribution in [0.15, 0.2) is 24.3 Å². The second kappa shape index (κ2) is 6.04. The average molecular weight is 264 g/mol. The molecule has 0 saturated carbocycles. The molecule has 1 amide bonds. The van der Waals surface area contributed by atoms with Crippen LogP contribution >= 0.6 is 0 Å². The number of aryl methyl sites for hydroxylation is 1. The molecule has 0 aliphatic carbocycles. The number of hydrogen-bond donors (Lipinski definition) is 2. The number of likely N-dealkylation sites (tertiary alicyclic amines) is 1. The molecule has 19 heavy (non-hydrogen) atoms. The third-order valence-corrected chi connectivity index (χ3v) is 3.44. The quantitative estimate of drug-likeness (QED) is 0.863. The monoisotopic (exact) mass is 264 g/mol. The first-order valence-corrected chi connectivity index (χ1v) is 6.53. The normalized spacial score (nSPS) is 22.7. The van der Waals surface area contributed by atoms with Gasteiger partial charge in [-0.3, -0.25) is 0 Å². The van der Waals surface area contributed by atoms with Crippen LogP contribution in [0.5, 0.6) is 0 Å². The van der Waals surface area contributed by atoms with E-state index in [9.17, 15) is 4.79 Å². The van der Waals surface area contributed by atoms with E-state index in [2.05, 4.69) is 19.1 Å². The fourth-order valence-electron chi connectivity index (χ4n) is 2.27. The van der Waals surface area contributed by atoms with Crippen molar-refractivity contribution in [3.05, 3.63) is 35.4 Å². The van der Waals surface area contributed by atoms with Gasteiger partial charge in [-0.25, -0.2) is 4.79 Å². The van der Waals surface area contributed by atoms with Gasteiger partial charge >= 0.3 is 6.09 Å². The molecule has 0 spiro atoms. The van der Waals surface area contributed by atoms with Crippen molar-refractivity contribution in [1.82, 2.24) is 4.90 Å². The number of nitrogens with zero attached hydrogens (tertiary/aromatic N) is 1. The summed E-state index contributed by atoms with van der Waals surface area (Å²) in [6.07, 6.45) is -0.167. The highest BCUT2D eigenvalue weighted by Crippen LogP contribution is 2.15. The molecule has 0 bridgehead atoms. The fraction of sp³-hybridized carbons (Fsp3) is 0.500. The number of ether oxygens (including phenoxy) is 1. The maximum atomic E-state index is 10.9. The van der Waals surface area contributed by atoms with Gasteiger partial charge < -0.3 is 20.5 Å². The molecule has 1 heterocycles. The van der Waals surface area contributed by atoms with Gasteiger partial charge in [-0.15, -0.1) is 0 Å². The largest absolute Gasteiger partial charge is 0.465 e. The van der Waals surface area contributed by atoms with Crippen molar-refractivity contribution in [2.24, 2.45) is 5.73 Å². The van der Waals surface area contributed by atoms with Crippen molar-refractivity contribution in [3.63, 3.8) is 0 Å². The van der Waals surface area contributed by atoms with Crippen LogP contribution < -0.4 is 5.73 Å². The Kier molecular flexibility index (Phi) is 4.39. The van der Waals surface area contributed by atoms with E-state index in [-0.39, 0.29) is 12.1 Å². The van der Waals surface area contributed by atoms with Gasteiger partial charge in [-0.05, 0) is 17.5 Å². The van der Waals surface area contributed by atoms with Crippen molar-refractivity contribution < 1.29 is 14.6 Å². The van der Waals surface area contributed by atoms with E-state index in [0.29, 0.717) is 19.7 Å². The Bertz CT molecular complexity index is 450. The molecule has 1 saturated heterocycles. The molecule has 3 N–H and O–H groups in total. The van der Waals surface area contributed by atoms with Gasteiger partial charge in [0, 0.05) is 6.54 Å². The number of rotatable bonds is 4. The van der Waals surface area contributed by atoms with E-state index in [1.54, 1.807) is 0 Å². The minimum absolute atomic E-state index is 0.221. The number of carbonyl (C=O) groups is 1. The van der Waals surface area contributed by atoms with Crippen molar-refractivity contribution in [2.45, 2.75) is 32.1 Å². The zero-order valence-corrected chi connectivity index (χ0v) is 11.1. The van der Waals surface area contributed by atoms with Crippen molar-refractivity contribution in [3.8, 4) is 0 Å². The van der Waals surface area contributed by atoms with Crippen LogP contribution in [-0.4, -0.2) is 41.3 Å². The summed E-state index contributed by atoms with van der Waals surface area (Å²) in [6.45, 7) is 3.27. The molecule has 1 aromatic carbocycles. The summed E-state index contributed by atoms with van der Waals surface area (Å²) in [4.78, 5) is 12.2. The number of benzene rings is 1. The zero-order valence-electron chi connectivity index (χ0n) is 11.1. The number of amides is 1. The van der Waals surface area contributed by atoms with Gasteiger partial charge in [0.05, 0.1) is 25.3 Å². The standard InChI is InChI=1S/C14H20N2O3/c1-2-10-4-3-5-11(6-10)9-19-13-8-16(14(17)18)7-12(13)15/h3-6,12-13H,2,7-9,15H2,1H3,(H,17,18)/t12-,13-/m0/s1. The van der Waals surface area contributed by atoms with Crippen LogP contribution in [0.25, 0.3) is 0 Å². The average Bonchev–Trinajstić information content (AvgIpc) is 2.78.